The molecule has 3 fully saturated rings. The number of carbonyl (C=O) groups excluding carboxylic acids is 2. The van der Waals surface area contributed by atoms with E-state index in [2.05, 4.69) is 47.8 Å². The Hall–Kier alpha value is -1.27. The second-order valence-corrected chi connectivity index (χ2v) is 11.8. The first-order valence-electron chi connectivity index (χ1n) is 13.1. The lowest BCUT2D eigenvalue weighted by Crippen LogP contribution is -2.55. The van der Waals surface area contributed by atoms with Crippen molar-refractivity contribution in [3.8, 4) is 0 Å². The van der Waals surface area contributed by atoms with Gasteiger partial charge in [-0.25, -0.2) is 0 Å². The Kier molecular flexibility index (Phi) is 10.4. The third-order valence-corrected chi connectivity index (χ3v) is 8.99. The fraction of sp³-hybridized carbons (Fsp3) is 0.714. The Morgan fingerprint density at radius 2 is 1.97 bits per heavy atom. The summed E-state index contributed by atoms with van der Waals surface area (Å²) in [6.45, 7) is 11.9. The highest BCUT2D eigenvalue weighted by Crippen LogP contribution is 2.47. The molecule has 0 aromatic rings. The van der Waals surface area contributed by atoms with Gasteiger partial charge in [0.1, 0.15) is 23.9 Å². The molecular weight excluding hydrogens is 589 g/mol. The summed E-state index contributed by atoms with van der Waals surface area (Å²) in [4.78, 5) is 23.3. The summed E-state index contributed by atoms with van der Waals surface area (Å²) in [7, 11) is 0. The van der Waals surface area contributed by atoms with Crippen LogP contribution in [0.4, 0.5) is 0 Å². The fourth-order valence-corrected chi connectivity index (χ4v) is 5.59. The summed E-state index contributed by atoms with van der Waals surface area (Å²) in [5.41, 5.74) is 0.302. The average Bonchev–Trinajstić information content (AvgIpc) is 3.59. The van der Waals surface area contributed by atoms with Gasteiger partial charge in [-0.2, -0.15) is 0 Å². The van der Waals surface area contributed by atoms with Gasteiger partial charge >= 0.3 is 5.97 Å². The third-order valence-electron chi connectivity index (χ3n) is 7.38. The number of aliphatic hydroxyl groups is 1. The summed E-state index contributed by atoms with van der Waals surface area (Å²) >= 11 is 2.33. The Bertz CT molecular complexity index is 914. The Morgan fingerprint density at radius 3 is 2.59 bits per heavy atom. The van der Waals surface area contributed by atoms with Gasteiger partial charge in [0.25, 0.3) is 0 Å². The van der Waals surface area contributed by atoms with Crippen LogP contribution in [0.2, 0.25) is 0 Å². The zero-order valence-electron chi connectivity index (χ0n) is 22.7. The number of epoxide rings is 1. The van der Waals surface area contributed by atoms with Gasteiger partial charge in [0.05, 0.1) is 30.5 Å². The van der Waals surface area contributed by atoms with E-state index in [-0.39, 0.29) is 41.6 Å². The van der Waals surface area contributed by atoms with Crippen LogP contribution in [-0.2, 0) is 28.5 Å². The molecule has 3 aliphatic rings. The van der Waals surface area contributed by atoms with E-state index in [1.54, 1.807) is 13.0 Å². The molecule has 37 heavy (non-hydrogen) atoms. The van der Waals surface area contributed by atoms with Crippen LogP contribution in [0.1, 0.15) is 60.8 Å². The van der Waals surface area contributed by atoms with Crippen LogP contribution in [0.25, 0.3) is 0 Å². The maximum absolute atomic E-state index is 12.3. The summed E-state index contributed by atoms with van der Waals surface area (Å²) in [5.74, 6) is -0.347. The number of hydrogen-bond donors (Lipinski definition) is 2. The van der Waals surface area contributed by atoms with E-state index in [4.69, 9.17) is 18.9 Å². The number of aliphatic hydroxyl groups excluding tert-OH is 1. The Labute approximate surface area is 234 Å². The van der Waals surface area contributed by atoms with Crippen molar-refractivity contribution >= 4 is 34.5 Å². The van der Waals surface area contributed by atoms with Gasteiger partial charge in [-0.1, -0.05) is 53.3 Å². The van der Waals surface area contributed by atoms with Crippen molar-refractivity contribution in [1.82, 2.24) is 5.32 Å². The zero-order valence-corrected chi connectivity index (χ0v) is 24.9. The van der Waals surface area contributed by atoms with Gasteiger partial charge in [-0.15, -0.1) is 0 Å². The number of alkyl halides is 1. The number of rotatable bonds is 9. The van der Waals surface area contributed by atoms with Crippen LogP contribution < -0.4 is 5.32 Å². The Morgan fingerprint density at radius 1 is 1.27 bits per heavy atom. The van der Waals surface area contributed by atoms with Crippen LogP contribution in [0.3, 0.4) is 0 Å². The number of allylic oxidation sites excluding steroid dienone is 2. The largest absolute Gasteiger partial charge is 0.459 e. The average molecular weight is 632 g/mol. The standard InChI is InChI=1S/C28H42INO7/c1-17(8-11-24-26(33)28(16-34-28)14-27(6,15-29)37-24)7-10-23-18(2)13-22(20(4)36-23)30-25(32)12-9-19(3)35-21(5)31/h7-9,11-12,18-20,22-24,26,33H,10,13-16H2,1-6H3,(H,30,32)/b11-8+,12-9-,17-7+/t18-,19+,20+,22?,23-,24+,26+,27+,28+/m0/s1. The molecule has 2 N–H and O–H groups in total. The lowest BCUT2D eigenvalue weighted by molar-refractivity contribution is -0.167. The third kappa shape index (κ3) is 8.36. The van der Waals surface area contributed by atoms with E-state index >= 15 is 0 Å². The molecular formula is C28H42INO7. The number of amides is 1. The van der Waals surface area contributed by atoms with Crippen molar-refractivity contribution in [2.75, 3.05) is 11.0 Å². The molecule has 1 spiro atoms. The molecule has 0 saturated carbocycles. The minimum Gasteiger partial charge on any atom is -0.459 e. The van der Waals surface area contributed by atoms with Crippen molar-refractivity contribution in [1.29, 1.82) is 0 Å². The molecule has 9 heteroatoms. The molecule has 3 rings (SSSR count). The maximum Gasteiger partial charge on any atom is 0.303 e. The van der Waals surface area contributed by atoms with Gasteiger partial charge < -0.3 is 29.4 Å². The van der Waals surface area contributed by atoms with Crippen LogP contribution in [0.5, 0.6) is 0 Å². The molecule has 0 aromatic carbocycles. The van der Waals surface area contributed by atoms with E-state index < -0.39 is 23.9 Å². The highest BCUT2D eigenvalue weighted by Gasteiger charge is 2.61. The first-order chi connectivity index (χ1) is 17.4. The number of ether oxygens (including phenoxy) is 4. The number of hydrogen-bond acceptors (Lipinski definition) is 7. The van der Waals surface area contributed by atoms with Crippen LogP contribution in [-0.4, -0.2) is 75.8 Å². The molecule has 0 aliphatic carbocycles. The normalized spacial score (nSPS) is 39.2. The summed E-state index contributed by atoms with van der Waals surface area (Å²) in [6.07, 6.45) is 9.75. The van der Waals surface area contributed by atoms with E-state index in [1.165, 1.54) is 13.0 Å². The number of nitrogens with one attached hydrogen (secondary N) is 1. The van der Waals surface area contributed by atoms with Crippen molar-refractivity contribution < 1.29 is 33.6 Å². The molecule has 0 aromatic heterocycles. The molecule has 1 unspecified atom stereocenters. The molecule has 3 heterocycles. The second kappa shape index (κ2) is 12.7. The molecule has 208 valence electrons. The van der Waals surface area contributed by atoms with E-state index in [1.807, 2.05) is 26.0 Å². The first kappa shape index (κ1) is 30.3. The highest BCUT2D eigenvalue weighted by atomic mass is 127. The minimum atomic E-state index is -0.665. The summed E-state index contributed by atoms with van der Waals surface area (Å²) < 4.78 is 24.0. The van der Waals surface area contributed by atoms with Crippen molar-refractivity contribution in [2.45, 2.75) is 109 Å². The molecule has 0 bridgehead atoms. The van der Waals surface area contributed by atoms with Gasteiger partial charge in [0.15, 0.2) is 0 Å². The SMILES string of the molecule is CC(=O)O[C@H](C)/C=C\C(=O)NC1C[C@H](C)[C@H](C/C=C(C)/C=C/[C@H]2O[C@@](C)(CI)C[C@@]3(CO3)[C@@H]2O)O[C@@H]1C. The summed E-state index contributed by atoms with van der Waals surface area (Å²) in [6, 6.07) is -0.0912. The monoisotopic (exact) mass is 631 g/mol. The molecule has 3 aliphatic heterocycles. The van der Waals surface area contributed by atoms with Crippen molar-refractivity contribution in [3.63, 3.8) is 0 Å². The van der Waals surface area contributed by atoms with Gasteiger partial charge in [-0.05, 0) is 52.5 Å². The van der Waals surface area contributed by atoms with Crippen molar-refractivity contribution in [2.24, 2.45) is 5.92 Å². The topological polar surface area (TPSA) is 107 Å². The van der Waals surface area contributed by atoms with E-state index in [0.717, 1.165) is 22.8 Å². The maximum atomic E-state index is 12.3. The predicted octanol–water partition coefficient (Wildman–Crippen LogP) is 3.80. The fourth-order valence-electron chi connectivity index (χ4n) is 5.14. The number of esters is 1. The molecule has 9 atom stereocenters. The van der Waals surface area contributed by atoms with E-state index in [0.29, 0.717) is 13.0 Å². The second-order valence-electron chi connectivity index (χ2n) is 11.1. The lowest BCUT2D eigenvalue weighted by atomic mass is 9.83. The van der Waals surface area contributed by atoms with Gasteiger partial charge in [0.2, 0.25) is 5.91 Å². The van der Waals surface area contributed by atoms with E-state index in [9.17, 15) is 14.7 Å². The molecule has 8 nitrogen and oxygen atoms in total. The molecule has 1 amide bonds. The first-order valence-corrected chi connectivity index (χ1v) is 14.6. The number of carbonyl (C=O) groups is 2. The summed E-state index contributed by atoms with van der Waals surface area (Å²) in [5, 5.41) is 13.8. The van der Waals surface area contributed by atoms with Crippen LogP contribution >= 0.6 is 22.6 Å². The number of halogens is 1. The van der Waals surface area contributed by atoms with Gasteiger partial charge in [-0.3, -0.25) is 9.59 Å². The minimum absolute atomic E-state index is 0.0491. The Balaban J connectivity index is 1.50. The lowest BCUT2D eigenvalue weighted by Gasteiger charge is -2.43. The van der Waals surface area contributed by atoms with Crippen LogP contribution in [0.15, 0.2) is 36.0 Å². The molecule has 0 radical (unpaired) electrons. The zero-order chi connectivity index (χ0) is 27.4. The smallest absolute Gasteiger partial charge is 0.303 e. The van der Waals surface area contributed by atoms with Crippen molar-refractivity contribution in [3.05, 3.63) is 36.0 Å². The quantitative estimate of drug-likeness (QED) is 0.0997. The van der Waals surface area contributed by atoms with Crippen LogP contribution in [0, 0.1) is 5.92 Å². The highest BCUT2D eigenvalue weighted by molar-refractivity contribution is 14.1. The van der Waals surface area contributed by atoms with Gasteiger partial charge in [0, 0.05) is 23.8 Å². The molecule has 3 saturated heterocycles. The predicted molar refractivity (Wildman–Crippen MR) is 149 cm³/mol.